The second-order valence-electron chi connectivity index (χ2n) is 7.67. The SMILES string of the molecule is CC(Cc1ccc(O)cc1)NC(=O)NC1CCOC2(CCCCC2)C1. The van der Waals surface area contributed by atoms with Gasteiger partial charge >= 0.3 is 6.03 Å². The van der Waals surface area contributed by atoms with E-state index in [1.165, 1.54) is 19.3 Å². The van der Waals surface area contributed by atoms with Crippen LogP contribution in [0.4, 0.5) is 4.79 Å². The molecule has 0 aromatic heterocycles. The number of hydrogen-bond donors (Lipinski definition) is 3. The number of amides is 2. The number of urea groups is 1. The highest BCUT2D eigenvalue weighted by atomic mass is 16.5. The van der Waals surface area contributed by atoms with Crippen LogP contribution in [-0.4, -0.2) is 35.4 Å². The highest BCUT2D eigenvalue weighted by molar-refractivity contribution is 5.74. The molecular formula is C20H30N2O3. The second kappa shape index (κ2) is 8.09. The van der Waals surface area contributed by atoms with Crippen molar-refractivity contribution in [2.75, 3.05) is 6.61 Å². The van der Waals surface area contributed by atoms with E-state index in [-0.39, 0.29) is 29.5 Å². The predicted molar refractivity (Wildman–Crippen MR) is 97.7 cm³/mol. The maximum atomic E-state index is 12.3. The number of benzene rings is 1. The molecule has 3 N–H and O–H groups in total. The summed E-state index contributed by atoms with van der Waals surface area (Å²) in [5, 5.41) is 15.5. The number of rotatable bonds is 4. The molecule has 5 nitrogen and oxygen atoms in total. The molecule has 1 aromatic carbocycles. The van der Waals surface area contributed by atoms with Gasteiger partial charge in [-0.1, -0.05) is 31.4 Å². The molecule has 2 unspecified atom stereocenters. The van der Waals surface area contributed by atoms with Crippen molar-refractivity contribution in [2.45, 2.75) is 76.0 Å². The lowest BCUT2D eigenvalue weighted by Crippen LogP contribution is -2.52. The third-order valence-corrected chi connectivity index (χ3v) is 5.45. The quantitative estimate of drug-likeness (QED) is 0.781. The molecule has 0 radical (unpaired) electrons. The first kappa shape index (κ1) is 18.1. The summed E-state index contributed by atoms with van der Waals surface area (Å²) in [6, 6.07) is 7.26. The van der Waals surface area contributed by atoms with Crippen LogP contribution >= 0.6 is 0 Å². The highest BCUT2D eigenvalue weighted by Gasteiger charge is 2.38. The van der Waals surface area contributed by atoms with E-state index in [4.69, 9.17) is 4.74 Å². The number of carbonyl (C=O) groups is 1. The van der Waals surface area contributed by atoms with Crippen LogP contribution in [-0.2, 0) is 11.2 Å². The predicted octanol–water partition coefficient (Wildman–Crippen LogP) is 3.50. The molecule has 0 bridgehead atoms. The van der Waals surface area contributed by atoms with Gasteiger partial charge in [0.25, 0.3) is 0 Å². The van der Waals surface area contributed by atoms with E-state index in [9.17, 15) is 9.90 Å². The molecule has 1 spiro atoms. The van der Waals surface area contributed by atoms with Crippen LogP contribution in [0, 0.1) is 0 Å². The maximum absolute atomic E-state index is 12.3. The Morgan fingerprint density at radius 3 is 2.72 bits per heavy atom. The van der Waals surface area contributed by atoms with Gasteiger partial charge in [0.2, 0.25) is 0 Å². The first-order valence-corrected chi connectivity index (χ1v) is 9.54. The smallest absolute Gasteiger partial charge is 0.315 e. The Balaban J connectivity index is 1.45. The summed E-state index contributed by atoms with van der Waals surface area (Å²) < 4.78 is 6.10. The fourth-order valence-corrected chi connectivity index (χ4v) is 4.18. The van der Waals surface area contributed by atoms with Gasteiger partial charge in [-0.2, -0.15) is 0 Å². The summed E-state index contributed by atoms with van der Waals surface area (Å²) >= 11 is 0. The molecule has 3 rings (SSSR count). The Labute approximate surface area is 150 Å². The zero-order valence-corrected chi connectivity index (χ0v) is 15.1. The Bertz CT molecular complexity index is 561. The lowest BCUT2D eigenvalue weighted by molar-refractivity contribution is -0.107. The van der Waals surface area contributed by atoms with Crippen molar-refractivity contribution in [3.05, 3.63) is 29.8 Å². The van der Waals surface area contributed by atoms with E-state index in [0.717, 1.165) is 44.3 Å². The largest absolute Gasteiger partial charge is 0.508 e. The van der Waals surface area contributed by atoms with Gasteiger partial charge < -0.3 is 20.5 Å². The van der Waals surface area contributed by atoms with Gasteiger partial charge in [-0.15, -0.1) is 0 Å². The minimum atomic E-state index is -0.0934. The van der Waals surface area contributed by atoms with E-state index in [1.54, 1.807) is 12.1 Å². The molecule has 25 heavy (non-hydrogen) atoms. The maximum Gasteiger partial charge on any atom is 0.315 e. The van der Waals surface area contributed by atoms with Gasteiger partial charge in [0.05, 0.1) is 5.60 Å². The molecule has 2 aliphatic rings. The van der Waals surface area contributed by atoms with Crippen molar-refractivity contribution >= 4 is 6.03 Å². The molecule has 1 aromatic rings. The number of hydrogen-bond acceptors (Lipinski definition) is 3. The fourth-order valence-electron chi connectivity index (χ4n) is 4.18. The number of phenolic OH excluding ortho intramolecular Hbond substituents is 1. The van der Waals surface area contributed by atoms with Crippen LogP contribution in [0.15, 0.2) is 24.3 Å². The van der Waals surface area contributed by atoms with Crippen LogP contribution < -0.4 is 10.6 Å². The zero-order chi connectivity index (χ0) is 17.7. The van der Waals surface area contributed by atoms with Gasteiger partial charge in [-0.3, -0.25) is 0 Å². The minimum Gasteiger partial charge on any atom is -0.508 e. The van der Waals surface area contributed by atoms with Crippen LogP contribution in [0.25, 0.3) is 0 Å². The molecular weight excluding hydrogens is 316 g/mol. The van der Waals surface area contributed by atoms with E-state index in [2.05, 4.69) is 10.6 Å². The standard InChI is InChI=1S/C20H30N2O3/c1-15(13-16-5-7-18(23)8-6-16)21-19(24)22-17-9-12-25-20(14-17)10-3-2-4-11-20/h5-8,15,17,23H,2-4,9-14H2,1H3,(H2,21,22,24). The van der Waals surface area contributed by atoms with Crippen LogP contribution in [0.5, 0.6) is 5.75 Å². The van der Waals surface area contributed by atoms with Crippen molar-refractivity contribution in [3.63, 3.8) is 0 Å². The van der Waals surface area contributed by atoms with E-state index in [0.29, 0.717) is 0 Å². The molecule has 1 saturated heterocycles. The number of carbonyl (C=O) groups excluding carboxylic acids is 1. The Morgan fingerprint density at radius 2 is 2.00 bits per heavy atom. The molecule has 1 heterocycles. The van der Waals surface area contributed by atoms with Gasteiger partial charge in [0.15, 0.2) is 0 Å². The number of aromatic hydroxyl groups is 1. The average molecular weight is 346 g/mol. The summed E-state index contributed by atoms with van der Waals surface area (Å²) in [5.41, 5.74) is 1.10. The van der Waals surface area contributed by atoms with Crippen molar-refractivity contribution in [1.82, 2.24) is 10.6 Å². The summed E-state index contributed by atoms with van der Waals surface area (Å²) in [4.78, 5) is 12.3. The Hall–Kier alpha value is -1.75. The number of nitrogens with one attached hydrogen (secondary N) is 2. The van der Waals surface area contributed by atoms with E-state index in [1.807, 2.05) is 19.1 Å². The lowest BCUT2D eigenvalue weighted by atomic mass is 9.78. The normalized spacial score (nSPS) is 23.8. The van der Waals surface area contributed by atoms with Crippen molar-refractivity contribution in [1.29, 1.82) is 0 Å². The molecule has 1 aliphatic carbocycles. The fraction of sp³-hybridized carbons (Fsp3) is 0.650. The van der Waals surface area contributed by atoms with Crippen LogP contribution in [0.2, 0.25) is 0 Å². The average Bonchev–Trinajstić information content (AvgIpc) is 2.57. The molecule has 2 atom stereocenters. The summed E-state index contributed by atoms with van der Waals surface area (Å²) in [6.45, 7) is 2.74. The Morgan fingerprint density at radius 1 is 1.28 bits per heavy atom. The molecule has 5 heteroatoms. The third-order valence-electron chi connectivity index (χ3n) is 5.45. The van der Waals surface area contributed by atoms with E-state index >= 15 is 0 Å². The Kier molecular flexibility index (Phi) is 5.84. The molecule has 1 saturated carbocycles. The summed E-state index contributed by atoms with van der Waals surface area (Å²) in [6.07, 6.45) is 8.61. The second-order valence-corrected chi connectivity index (χ2v) is 7.67. The van der Waals surface area contributed by atoms with Gasteiger partial charge in [0.1, 0.15) is 5.75 Å². The molecule has 2 fully saturated rings. The van der Waals surface area contributed by atoms with Crippen molar-refractivity contribution in [2.24, 2.45) is 0 Å². The van der Waals surface area contributed by atoms with Crippen LogP contribution in [0.3, 0.4) is 0 Å². The van der Waals surface area contributed by atoms with Crippen molar-refractivity contribution in [3.8, 4) is 5.75 Å². The number of phenols is 1. The molecule has 138 valence electrons. The van der Waals surface area contributed by atoms with E-state index < -0.39 is 0 Å². The molecule has 2 amide bonds. The van der Waals surface area contributed by atoms with Crippen LogP contribution in [0.1, 0.15) is 57.4 Å². The van der Waals surface area contributed by atoms with Gasteiger partial charge in [-0.25, -0.2) is 4.79 Å². The molecule has 1 aliphatic heterocycles. The topological polar surface area (TPSA) is 70.6 Å². The zero-order valence-electron chi connectivity index (χ0n) is 15.1. The lowest BCUT2D eigenvalue weighted by Gasteiger charge is -2.43. The summed E-state index contributed by atoms with van der Waals surface area (Å²) in [7, 11) is 0. The summed E-state index contributed by atoms with van der Waals surface area (Å²) in [5.74, 6) is 0.262. The highest BCUT2D eigenvalue weighted by Crippen LogP contribution is 2.38. The van der Waals surface area contributed by atoms with Crippen molar-refractivity contribution < 1.29 is 14.6 Å². The monoisotopic (exact) mass is 346 g/mol. The first-order valence-electron chi connectivity index (χ1n) is 9.54. The first-order chi connectivity index (χ1) is 12.0. The van der Waals surface area contributed by atoms with Gasteiger partial charge in [-0.05, 0) is 56.7 Å². The minimum absolute atomic E-state index is 0.00605. The van der Waals surface area contributed by atoms with Gasteiger partial charge in [0, 0.05) is 18.7 Å². The number of ether oxygens (including phenoxy) is 1. The third kappa shape index (κ3) is 5.11.